The molecule has 0 bridgehead atoms. The second-order valence-corrected chi connectivity index (χ2v) is 8.54. The maximum Gasteiger partial charge on any atom is 0.317 e. The summed E-state index contributed by atoms with van der Waals surface area (Å²) in [6.07, 6.45) is 1.61. The van der Waals surface area contributed by atoms with Crippen molar-refractivity contribution in [2.75, 3.05) is 26.7 Å². The average molecular weight is 463 g/mol. The van der Waals surface area contributed by atoms with Gasteiger partial charge in [0, 0.05) is 48.3 Å². The Kier molecular flexibility index (Phi) is 7.84. The molecule has 2 heterocycles. The number of likely N-dealkylation sites (N-methyl/N-ethyl adjacent to an activating group) is 1. The van der Waals surface area contributed by atoms with Crippen LogP contribution in [0.25, 0.3) is 10.9 Å². The van der Waals surface area contributed by atoms with E-state index in [0.29, 0.717) is 31.2 Å². The van der Waals surface area contributed by atoms with Crippen molar-refractivity contribution in [2.45, 2.75) is 45.3 Å². The van der Waals surface area contributed by atoms with Crippen molar-refractivity contribution in [2.24, 2.45) is 0 Å². The first-order valence-electron chi connectivity index (χ1n) is 10.9. The first-order valence-corrected chi connectivity index (χ1v) is 11.3. The van der Waals surface area contributed by atoms with E-state index in [9.17, 15) is 14.4 Å². The highest BCUT2D eigenvalue weighted by atomic mass is 35.5. The number of rotatable bonds is 6. The zero-order chi connectivity index (χ0) is 23.3. The van der Waals surface area contributed by atoms with Crippen molar-refractivity contribution in [3.63, 3.8) is 0 Å². The Morgan fingerprint density at radius 1 is 1.28 bits per heavy atom. The van der Waals surface area contributed by atoms with Gasteiger partial charge in [-0.15, -0.1) is 0 Å². The predicted molar refractivity (Wildman–Crippen MR) is 125 cm³/mol. The number of benzene rings is 1. The minimum atomic E-state index is -0.630. The maximum atomic E-state index is 12.7. The molecule has 1 fully saturated rings. The molecule has 0 radical (unpaired) electrons. The summed E-state index contributed by atoms with van der Waals surface area (Å²) in [6, 6.07) is 6.28. The first kappa shape index (κ1) is 23.7. The first-order chi connectivity index (χ1) is 15.3. The second kappa shape index (κ2) is 10.6. The van der Waals surface area contributed by atoms with Gasteiger partial charge in [0.15, 0.2) is 0 Å². The average Bonchev–Trinajstić information content (AvgIpc) is 3.18. The maximum absolute atomic E-state index is 12.7. The number of aromatic amines is 1. The van der Waals surface area contributed by atoms with Crippen LogP contribution < -0.4 is 16.0 Å². The Morgan fingerprint density at radius 2 is 2.06 bits per heavy atom. The lowest BCUT2D eigenvalue weighted by Gasteiger charge is -2.38. The molecule has 3 rings (SSSR count). The molecule has 5 amide bonds. The van der Waals surface area contributed by atoms with Gasteiger partial charge in [0.25, 0.3) is 0 Å². The number of hydrogen-bond acceptors (Lipinski definition) is 3. The Bertz CT molecular complexity index is 978. The number of piperidine rings is 1. The molecule has 1 aromatic carbocycles. The van der Waals surface area contributed by atoms with E-state index >= 15 is 0 Å². The number of urea groups is 2. The summed E-state index contributed by atoms with van der Waals surface area (Å²) in [5, 5.41) is 9.87. The van der Waals surface area contributed by atoms with Crippen molar-refractivity contribution in [3.8, 4) is 0 Å². The summed E-state index contributed by atoms with van der Waals surface area (Å²) in [4.78, 5) is 43.8. The monoisotopic (exact) mass is 462 g/mol. The second-order valence-electron chi connectivity index (χ2n) is 8.10. The number of amides is 5. The number of hydrogen-bond donors (Lipinski definition) is 4. The molecule has 4 N–H and O–H groups in total. The standard InChI is InChI=1S/C22H31ClN6O3/c1-4-24-21(31)26-14(2)20(30)29-9-5-6-18(13-29)28(3)22(32)25-12-17-11-15-10-16(23)7-8-19(15)27-17/h7-8,10-11,14,18,27H,4-6,9,12-13H2,1-3H3,(H,25,32)(H2,24,26,31)/t14-,18+/m0/s1. The van der Waals surface area contributed by atoms with Gasteiger partial charge in [-0.1, -0.05) is 11.6 Å². The molecule has 1 saturated heterocycles. The molecule has 0 aliphatic carbocycles. The summed E-state index contributed by atoms with van der Waals surface area (Å²) in [7, 11) is 1.75. The normalized spacial score (nSPS) is 17.0. The Labute approximate surface area is 192 Å². The summed E-state index contributed by atoms with van der Waals surface area (Å²) in [6.45, 7) is 5.39. The smallest absolute Gasteiger partial charge is 0.317 e. The third kappa shape index (κ3) is 5.85. The van der Waals surface area contributed by atoms with Crippen LogP contribution in [0.15, 0.2) is 24.3 Å². The van der Waals surface area contributed by atoms with Crippen LogP contribution in [0, 0.1) is 0 Å². The Hall–Kier alpha value is -2.94. The number of halogens is 1. The lowest BCUT2D eigenvalue weighted by molar-refractivity contribution is -0.134. The number of carbonyl (C=O) groups excluding carboxylic acids is 3. The molecular weight excluding hydrogens is 432 g/mol. The number of H-pyrrole nitrogens is 1. The number of nitrogens with one attached hydrogen (secondary N) is 4. The largest absolute Gasteiger partial charge is 0.357 e. The van der Waals surface area contributed by atoms with E-state index in [4.69, 9.17) is 11.6 Å². The Balaban J connectivity index is 1.52. The van der Waals surface area contributed by atoms with E-state index < -0.39 is 6.04 Å². The van der Waals surface area contributed by atoms with Gasteiger partial charge in [-0.3, -0.25) is 4.79 Å². The zero-order valence-electron chi connectivity index (χ0n) is 18.7. The molecular formula is C22H31ClN6O3. The number of fused-ring (bicyclic) bond motifs is 1. The minimum Gasteiger partial charge on any atom is -0.357 e. The fourth-order valence-electron chi connectivity index (χ4n) is 3.94. The van der Waals surface area contributed by atoms with Gasteiger partial charge in [0.05, 0.1) is 12.6 Å². The van der Waals surface area contributed by atoms with E-state index in [0.717, 1.165) is 29.4 Å². The number of carbonyl (C=O) groups is 3. The van der Waals surface area contributed by atoms with Gasteiger partial charge in [-0.05, 0) is 51.0 Å². The summed E-state index contributed by atoms with van der Waals surface area (Å²) < 4.78 is 0. The molecule has 1 aromatic heterocycles. The molecule has 1 aliphatic heterocycles. The van der Waals surface area contributed by atoms with Crippen LogP contribution in [0.1, 0.15) is 32.4 Å². The van der Waals surface area contributed by atoms with Gasteiger partial charge in [0.2, 0.25) is 5.91 Å². The molecule has 0 spiro atoms. The minimum absolute atomic E-state index is 0.0918. The van der Waals surface area contributed by atoms with E-state index in [1.165, 1.54) is 0 Å². The SMILES string of the molecule is CCNC(=O)N[C@@H](C)C(=O)N1CCC[C@@H](N(C)C(=O)NCc2cc3cc(Cl)ccc3[nH]2)C1. The quantitative estimate of drug-likeness (QED) is 0.529. The van der Waals surface area contributed by atoms with Crippen LogP contribution in [-0.4, -0.2) is 71.5 Å². The fraction of sp³-hybridized carbons (Fsp3) is 0.500. The van der Waals surface area contributed by atoms with Gasteiger partial charge in [-0.25, -0.2) is 9.59 Å². The predicted octanol–water partition coefficient (Wildman–Crippen LogP) is 2.66. The number of likely N-dealkylation sites (tertiary alicyclic amines) is 1. The van der Waals surface area contributed by atoms with Crippen molar-refractivity contribution in [3.05, 3.63) is 35.0 Å². The van der Waals surface area contributed by atoms with Crippen LogP contribution in [-0.2, 0) is 11.3 Å². The summed E-state index contributed by atoms with van der Waals surface area (Å²) in [5.74, 6) is -0.147. The third-order valence-corrected chi connectivity index (χ3v) is 5.94. The van der Waals surface area contributed by atoms with E-state index in [1.807, 2.05) is 31.2 Å². The molecule has 32 heavy (non-hydrogen) atoms. The highest BCUT2D eigenvalue weighted by Gasteiger charge is 2.30. The van der Waals surface area contributed by atoms with Gasteiger partial charge >= 0.3 is 12.1 Å². The van der Waals surface area contributed by atoms with Crippen LogP contribution >= 0.6 is 11.6 Å². The summed E-state index contributed by atoms with van der Waals surface area (Å²) in [5.41, 5.74) is 1.85. The molecule has 0 unspecified atom stereocenters. The topological polar surface area (TPSA) is 110 Å². The summed E-state index contributed by atoms with van der Waals surface area (Å²) >= 11 is 6.03. The number of nitrogens with zero attached hydrogens (tertiary/aromatic N) is 2. The van der Waals surface area contributed by atoms with Crippen molar-refractivity contribution in [1.82, 2.24) is 30.7 Å². The lowest BCUT2D eigenvalue weighted by Crippen LogP contribution is -2.56. The molecule has 2 atom stereocenters. The van der Waals surface area contributed by atoms with E-state index in [-0.39, 0.29) is 24.0 Å². The van der Waals surface area contributed by atoms with E-state index in [1.54, 1.807) is 23.8 Å². The van der Waals surface area contributed by atoms with Crippen LogP contribution in [0.3, 0.4) is 0 Å². The number of aromatic nitrogens is 1. The molecule has 9 nitrogen and oxygen atoms in total. The van der Waals surface area contributed by atoms with Gasteiger partial charge in [0.1, 0.15) is 6.04 Å². The highest BCUT2D eigenvalue weighted by molar-refractivity contribution is 6.31. The molecule has 0 saturated carbocycles. The van der Waals surface area contributed by atoms with Crippen molar-refractivity contribution >= 4 is 40.5 Å². The van der Waals surface area contributed by atoms with Crippen molar-refractivity contribution in [1.29, 1.82) is 0 Å². The fourth-order valence-corrected chi connectivity index (χ4v) is 4.12. The molecule has 1 aliphatic rings. The highest BCUT2D eigenvalue weighted by Crippen LogP contribution is 2.20. The van der Waals surface area contributed by atoms with Crippen LogP contribution in [0.2, 0.25) is 5.02 Å². The molecule has 174 valence electrons. The third-order valence-electron chi connectivity index (χ3n) is 5.70. The van der Waals surface area contributed by atoms with Gasteiger partial charge in [-0.2, -0.15) is 0 Å². The van der Waals surface area contributed by atoms with Gasteiger partial charge < -0.3 is 30.7 Å². The van der Waals surface area contributed by atoms with E-state index in [2.05, 4.69) is 20.9 Å². The van der Waals surface area contributed by atoms with Crippen LogP contribution in [0.4, 0.5) is 9.59 Å². The van der Waals surface area contributed by atoms with Crippen LogP contribution in [0.5, 0.6) is 0 Å². The van der Waals surface area contributed by atoms with Crippen molar-refractivity contribution < 1.29 is 14.4 Å². The Morgan fingerprint density at radius 3 is 2.81 bits per heavy atom. The zero-order valence-corrected chi connectivity index (χ0v) is 19.5. The molecule has 2 aromatic rings. The molecule has 10 heteroatoms. The lowest BCUT2D eigenvalue weighted by atomic mass is 10.0.